The molecular weight excluding hydrogens is 150 g/mol. The second-order valence-electron chi connectivity index (χ2n) is 4.56. The van der Waals surface area contributed by atoms with E-state index in [2.05, 4.69) is 34.7 Å². The highest BCUT2D eigenvalue weighted by atomic mass is 15.5. The first-order valence-electron chi connectivity index (χ1n) is 4.57. The number of hydrogen-bond acceptors (Lipinski definition) is 2. The predicted molar refractivity (Wildman–Crippen MR) is 53.2 cm³/mol. The van der Waals surface area contributed by atoms with Crippen LogP contribution in [0.5, 0.6) is 0 Å². The number of hydrogen-bond donors (Lipinski definition) is 2. The molecule has 4 N–H and O–H groups in total. The maximum absolute atomic E-state index is 5.97. The minimum atomic E-state index is -0.664. The van der Waals surface area contributed by atoms with Crippen molar-refractivity contribution in [1.82, 2.24) is 0 Å². The minimum Gasteiger partial charge on any atom is -0.292 e. The molecule has 0 saturated heterocycles. The molecular formula is C9H24N3+. The first-order valence-corrected chi connectivity index (χ1v) is 4.57. The first-order chi connectivity index (χ1) is 5.14. The normalized spacial score (nSPS) is 14.5. The Morgan fingerprint density at radius 3 is 1.25 bits per heavy atom. The van der Waals surface area contributed by atoms with E-state index in [1.165, 1.54) is 0 Å². The smallest absolute Gasteiger partial charge is 0.202 e. The lowest BCUT2D eigenvalue weighted by Gasteiger charge is -2.50. The van der Waals surface area contributed by atoms with Crippen LogP contribution in [0.25, 0.3) is 0 Å². The Kier molecular flexibility index (Phi) is 3.29. The summed E-state index contributed by atoms with van der Waals surface area (Å²) < 4.78 is 0.688. The Hall–Kier alpha value is -0.120. The van der Waals surface area contributed by atoms with Crippen LogP contribution in [0.1, 0.15) is 34.6 Å². The van der Waals surface area contributed by atoms with Crippen molar-refractivity contribution in [3.8, 4) is 0 Å². The van der Waals surface area contributed by atoms with E-state index in [4.69, 9.17) is 11.5 Å². The van der Waals surface area contributed by atoms with Crippen molar-refractivity contribution >= 4 is 0 Å². The van der Waals surface area contributed by atoms with Crippen molar-refractivity contribution in [2.75, 3.05) is 7.05 Å². The summed E-state index contributed by atoms with van der Waals surface area (Å²) in [5.41, 5.74) is 11.9. The van der Waals surface area contributed by atoms with Gasteiger partial charge < -0.3 is 0 Å². The molecule has 0 radical (unpaired) electrons. The Labute approximate surface area is 76.3 Å². The standard InChI is InChI=1S/C9H24N3/c1-7(2)12(6,8(3)4)9(5,10)11/h7-8H,10-11H2,1-6H3/q+1. The third-order valence-corrected chi connectivity index (χ3v) is 3.18. The summed E-state index contributed by atoms with van der Waals surface area (Å²) in [5, 5.41) is 0. The summed E-state index contributed by atoms with van der Waals surface area (Å²) >= 11 is 0. The lowest BCUT2D eigenvalue weighted by molar-refractivity contribution is -0.993. The maximum Gasteiger partial charge on any atom is 0.202 e. The Bertz CT molecular complexity index is 136. The molecule has 0 aromatic carbocycles. The molecule has 0 rings (SSSR count). The van der Waals surface area contributed by atoms with Crippen LogP contribution in [0.3, 0.4) is 0 Å². The monoisotopic (exact) mass is 174 g/mol. The largest absolute Gasteiger partial charge is 0.292 e. The average molecular weight is 174 g/mol. The molecule has 0 spiro atoms. The third-order valence-electron chi connectivity index (χ3n) is 3.18. The zero-order valence-electron chi connectivity index (χ0n) is 9.26. The number of nitrogens with two attached hydrogens (primary N) is 2. The van der Waals surface area contributed by atoms with Gasteiger partial charge in [-0.2, -0.15) is 0 Å². The summed E-state index contributed by atoms with van der Waals surface area (Å²) in [6.07, 6.45) is 0. The van der Waals surface area contributed by atoms with Crippen LogP contribution in [0, 0.1) is 0 Å². The van der Waals surface area contributed by atoms with Crippen LogP contribution in [-0.4, -0.2) is 29.4 Å². The van der Waals surface area contributed by atoms with Gasteiger partial charge in [-0.1, -0.05) is 0 Å². The van der Waals surface area contributed by atoms with Crippen LogP contribution in [0.15, 0.2) is 0 Å². The molecule has 0 aromatic rings. The van der Waals surface area contributed by atoms with E-state index in [1.807, 2.05) is 6.92 Å². The Morgan fingerprint density at radius 2 is 1.25 bits per heavy atom. The summed E-state index contributed by atoms with van der Waals surface area (Å²) in [6.45, 7) is 10.5. The quantitative estimate of drug-likeness (QED) is 0.492. The fraction of sp³-hybridized carbons (Fsp3) is 1.00. The topological polar surface area (TPSA) is 52.0 Å². The molecule has 0 heterocycles. The molecule has 74 valence electrons. The molecule has 0 aromatic heterocycles. The van der Waals surface area contributed by atoms with Crippen LogP contribution in [0.2, 0.25) is 0 Å². The van der Waals surface area contributed by atoms with Crippen molar-refractivity contribution in [3.05, 3.63) is 0 Å². The van der Waals surface area contributed by atoms with Crippen molar-refractivity contribution in [1.29, 1.82) is 0 Å². The zero-order valence-corrected chi connectivity index (χ0v) is 9.26. The van der Waals surface area contributed by atoms with E-state index in [0.717, 1.165) is 0 Å². The highest BCUT2D eigenvalue weighted by molar-refractivity contribution is 4.63. The fourth-order valence-electron chi connectivity index (χ4n) is 1.71. The average Bonchev–Trinajstić information content (AvgIpc) is 1.82. The van der Waals surface area contributed by atoms with Crippen molar-refractivity contribution in [3.63, 3.8) is 0 Å². The molecule has 0 aliphatic heterocycles. The number of quaternary nitrogens is 1. The highest BCUT2D eigenvalue weighted by Crippen LogP contribution is 2.22. The van der Waals surface area contributed by atoms with Gasteiger partial charge in [0.2, 0.25) is 5.79 Å². The van der Waals surface area contributed by atoms with Gasteiger partial charge in [-0.15, -0.1) is 0 Å². The number of nitrogens with zero attached hydrogens (tertiary/aromatic N) is 1. The van der Waals surface area contributed by atoms with Gasteiger partial charge in [-0.25, -0.2) is 0 Å². The van der Waals surface area contributed by atoms with E-state index in [1.54, 1.807) is 0 Å². The Balaban J connectivity index is 4.89. The van der Waals surface area contributed by atoms with Crippen LogP contribution in [0.4, 0.5) is 0 Å². The molecule has 3 heteroatoms. The molecule has 0 unspecified atom stereocenters. The van der Waals surface area contributed by atoms with Gasteiger partial charge >= 0.3 is 0 Å². The number of rotatable bonds is 3. The van der Waals surface area contributed by atoms with E-state index < -0.39 is 5.79 Å². The van der Waals surface area contributed by atoms with E-state index in [-0.39, 0.29) is 0 Å². The van der Waals surface area contributed by atoms with Crippen molar-refractivity contribution < 1.29 is 4.48 Å². The van der Waals surface area contributed by atoms with Gasteiger partial charge in [-0.05, 0) is 27.7 Å². The summed E-state index contributed by atoms with van der Waals surface area (Å²) in [7, 11) is 2.11. The Morgan fingerprint density at radius 1 is 1.00 bits per heavy atom. The van der Waals surface area contributed by atoms with E-state index in [0.29, 0.717) is 16.6 Å². The first kappa shape index (κ1) is 11.9. The molecule has 0 fully saturated rings. The second kappa shape index (κ2) is 3.32. The summed E-state index contributed by atoms with van der Waals surface area (Å²) in [4.78, 5) is 0. The maximum atomic E-state index is 5.97. The fourth-order valence-corrected chi connectivity index (χ4v) is 1.71. The van der Waals surface area contributed by atoms with Gasteiger partial charge in [0.05, 0.1) is 19.1 Å². The second-order valence-corrected chi connectivity index (χ2v) is 4.56. The lowest BCUT2D eigenvalue weighted by atomic mass is 10.1. The van der Waals surface area contributed by atoms with E-state index in [9.17, 15) is 0 Å². The minimum absolute atomic E-state index is 0.435. The van der Waals surface area contributed by atoms with Crippen LogP contribution in [-0.2, 0) is 0 Å². The van der Waals surface area contributed by atoms with Crippen molar-refractivity contribution in [2.24, 2.45) is 11.5 Å². The SMILES string of the molecule is CC(C)[N+](C)(C(C)C)C(C)(N)N. The van der Waals surface area contributed by atoms with Crippen LogP contribution >= 0.6 is 0 Å². The molecule has 0 aliphatic rings. The van der Waals surface area contributed by atoms with Crippen LogP contribution < -0.4 is 11.5 Å². The lowest BCUT2D eigenvalue weighted by Crippen LogP contribution is -2.75. The molecule has 3 nitrogen and oxygen atoms in total. The van der Waals surface area contributed by atoms with E-state index >= 15 is 0 Å². The zero-order chi connectivity index (χ0) is 10.2. The van der Waals surface area contributed by atoms with Gasteiger partial charge in [0, 0.05) is 6.92 Å². The summed E-state index contributed by atoms with van der Waals surface area (Å²) in [5.74, 6) is -0.664. The molecule has 0 bridgehead atoms. The van der Waals surface area contributed by atoms with Gasteiger partial charge in [0.25, 0.3) is 0 Å². The molecule has 0 saturated carbocycles. The highest BCUT2D eigenvalue weighted by Gasteiger charge is 2.42. The molecule has 0 amide bonds. The molecule has 12 heavy (non-hydrogen) atoms. The third kappa shape index (κ3) is 1.79. The van der Waals surface area contributed by atoms with Gasteiger partial charge in [0.1, 0.15) is 0 Å². The molecule has 0 atom stereocenters. The molecule has 0 aliphatic carbocycles. The summed E-state index contributed by atoms with van der Waals surface area (Å²) in [6, 6.07) is 0.870. The van der Waals surface area contributed by atoms with Crippen molar-refractivity contribution in [2.45, 2.75) is 52.5 Å². The van der Waals surface area contributed by atoms with Gasteiger partial charge in [-0.3, -0.25) is 16.0 Å². The predicted octanol–water partition coefficient (Wildman–Crippen LogP) is 0.841. The van der Waals surface area contributed by atoms with Gasteiger partial charge in [0.15, 0.2) is 0 Å².